The van der Waals surface area contributed by atoms with Gasteiger partial charge in [-0.05, 0) is 43.7 Å². The zero-order valence-corrected chi connectivity index (χ0v) is 14.8. The minimum atomic E-state index is -0.335. The van der Waals surface area contributed by atoms with E-state index in [0.29, 0.717) is 34.7 Å². The van der Waals surface area contributed by atoms with Crippen LogP contribution in [0.2, 0.25) is 0 Å². The van der Waals surface area contributed by atoms with Crippen LogP contribution < -0.4 is 11.1 Å². The van der Waals surface area contributed by atoms with Gasteiger partial charge in [-0.1, -0.05) is 13.3 Å². The molecule has 1 saturated carbocycles. The minimum absolute atomic E-state index is 0.335. The van der Waals surface area contributed by atoms with E-state index in [2.05, 4.69) is 27.2 Å². The zero-order valence-electron chi connectivity index (χ0n) is 14.8. The Bertz CT molecular complexity index is 914. The summed E-state index contributed by atoms with van der Waals surface area (Å²) in [4.78, 5) is 13.2. The molecule has 0 unspecified atom stereocenters. The van der Waals surface area contributed by atoms with E-state index in [1.807, 2.05) is 0 Å². The van der Waals surface area contributed by atoms with Crippen molar-refractivity contribution in [2.75, 3.05) is 11.1 Å². The number of hydrogen-bond donors (Lipinski definition) is 2. The second-order valence-electron chi connectivity index (χ2n) is 6.99. The maximum absolute atomic E-state index is 13.6. The van der Waals surface area contributed by atoms with Crippen molar-refractivity contribution in [2.24, 2.45) is 5.92 Å². The summed E-state index contributed by atoms with van der Waals surface area (Å²) in [5.74, 6) is 1.61. The van der Waals surface area contributed by atoms with Crippen LogP contribution in [0, 0.1) is 11.7 Å². The summed E-state index contributed by atoms with van der Waals surface area (Å²) in [5.41, 5.74) is 7.88. The number of nitrogens with one attached hydrogen (secondary N) is 1. The molecule has 0 atom stereocenters. The third-order valence-corrected chi connectivity index (χ3v) is 5.28. The van der Waals surface area contributed by atoms with Gasteiger partial charge in [-0.25, -0.2) is 19.3 Å². The molecule has 3 heterocycles. The molecule has 26 heavy (non-hydrogen) atoms. The molecular weight excluding hydrogens is 331 g/mol. The highest BCUT2D eigenvalue weighted by molar-refractivity contribution is 5.65. The quantitative estimate of drug-likeness (QED) is 0.743. The van der Waals surface area contributed by atoms with E-state index < -0.39 is 0 Å². The highest BCUT2D eigenvalue weighted by Gasteiger charge is 2.21. The topological polar surface area (TPSA) is 81.1 Å². The Kier molecular flexibility index (Phi) is 4.44. The molecule has 7 heteroatoms. The molecule has 0 bridgehead atoms. The normalized spacial score (nSPS) is 20.4. The van der Waals surface area contributed by atoms with Crippen molar-refractivity contribution in [1.82, 2.24) is 19.4 Å². The Hall–Kier alpha value is -2.70. The summed E-state index contributed by atoms with van der Waals surface area (Å²) in [6.45, 7) is 2.26. The van der Waals surface area contributed by atoms with E-state index in [0.717, 1.165) is 18.8 Å². The second-order valence-corrected chi connectivity index (χ2v) is 6.99. The highest BCUT2D eigenvalue weighted by atomic mass is 19.1. The molecule has 0 amide bonds. The number of pyridine rings is 1. The first kappa shape index (κ1) is 16.8. The van der Waals surface area contributed by atoms with Crippen LogP contribution in [0.4, 0.5) is 15.9 Å². The molecule has 1 aliphatic carbocycles. The molecule has 1 fully saturated rings. The summed E-state index contributed by atoms with van der Waals surface area (Å²) in [6.07, 6.45) is 10.6. The van der Waals surface area contributed by atoms with Gasteiger partial charge in [0, 0.05) is 12.2 Å². The third kappa shape index (κ3) is 3.21. The largest absolute Gasteiger partial charge is 0.394 e. The van der Waals surface area contributed by atoms with E-state index in [9.17, 15) is 4.39 Å². The molecule has 136 valence electrons. The lowest BCUT2D eigenvalue weighted by Gasteiger charge is -2.29. The lowest BCUT2D eigenvalue weighted by molar-refractivity contribution is 0.330. The van der Waals surface area contributed by atoms with E-state index in [4.69, 9.17) is 5.73 Å². The summed E-state index contributed by atoms with van der Waals surface area (Å²) >= 11 is 0. The number of rotatable bonds is 4. The molecule has 3 N–H and O–H groups in total. The number of nitrogens with two attached hydrogens (primary N) is 1. The molecule has 0 saturated heterocycles. The number of nitrogen functional groups attached to an aromatic ring is 1. The maximum atomic E-state index is 13.6. The van der Waals surface area contributed by atoms with Crippen molar-refractivity contribution in [3.8, 4) is 11.5 Å². The van der Waals surface area contributed by atoms with E-state index in [-0.39, 0.29) is 5.82 Å². The van der Waals surface area contributed by atoms with Gasteiger partial charge in [0.1, 0.15) is 17.2 Å². The smallest absolute Gasteiger partial charge is 0.180 e. The molecule has 0 aliphatic heterocycles. The molecule has 0 aromatic carbocycles. The average Bonchev–Trinajstić information content (AvgIpc) is 3.07. The van der Waals surface area contributed by atoms with Crippen LogP contribution in [0.3, 0.4) is 0 Å². The number of imidazole rings is 1. The molecule has 0 spiro atoms. The van der Waals surface area contributed by atoms with Gasteiger partial charge in [0.15, 0.2) is 11.6 Å². The predicted molar refractivity (Wildman–Crippen MR) is 100 cm³/mol. The van der Waals surface area contributed by atoms with Crippen molar-refractivity contribution in [3.63, 3.8) is 0 Å². The van der Waals surface area contributed by atoms with Crippen LogP contribution in [0.5, 0.6) is 0 Å². The summed E-state index contributed by atoms with van der Waals surface area (Å²) in [6, 6.07) is 3.39. The molecule has 1 aliphatic rings. The Morgan fingerprint density at radius 3 is 2.77 bits per heavy atom. The van der Waals surface area contributed by atoms with Crippen LogP contribution in [-0.4, -0.2) is 25.4 Å². The maximum Gasteiger partial charge on any atom is 0.180 e. The van der Waals surface area contributed by atoms with Crippen LogP contribution in [0.1, 0.15) is 39.0 Å². The SMILES string of the molecule is CCC1CCC(Nc2nc(-c3cnc4ccc(F)cn34)ncc2N)CC1. The van der Waals surface area contributed by atoms with Crippen molar-refractivity contribution < 1.29 is 4.39 Å². The molecule has 3 aromatic heterocycles. The Morgan fingerprint density at radius 1 is 1.19 bits per heavy atom. The van der Waals surface area contributed by atoms with Gasteiger partial charge in [0.25, 0.3) is 0 Å². The number of nitrogens with zero attached hydrogens (tertiary/aromatic N) is 4. The van der Waals surface area contributed by atoms with Gasteiger partial charge < -0.3 is 11.1 Å². The van der Waals surface area contributed by atoms with E-state index in [1.165, 1.54) is 31.5 Å². The van der Waals surface area contributed by atoms with Crippen LogP contribution in [0.15, 0.2) is 30.7 Å². The van der Waals surface area contributed by atoms with Crippen LogP contribution in [0.25, 0.3) is 17.2 Å². The number of anilines is 2. The first-order chi connectivity index (χ1) is 12.6. The number of halogens is 1. The third-order valence-electron chi connectivity index (χ3n) is 5.28. The minimum Gasteiger partial charge on any atom is -0.394 e. The Balaban J connectivity index is 1.61. The highest BCUT2D eigenvalue weighted by Crippen LogP contribution is 2.30. The van der Waals surface area contributed by atoms with Crippen LogP contribution >= 0.6 is 0 Å². The first-order valence-corrected chi connectivity index (χ1v) is 9.16. The van der Waals surface area contributed by atoms with Gasteiger partial charge >= 0.3 is 0 Å². The first-order valence-electron chi connectivity index (χ1n) is 9.16. The molecule has 4 rings (SSSR count). The number of aromatic nitrogens is 4. The fourth-order valence-corrected chi connectivity index (χ4v) is 3.66. The predicted octanol–water partition coefficient (Wildman–Crippen LogP) is 3.89. The lowest BCUT2D eigenvalue weighted by Crippen LogP contribution is -2.27. The van der Waals surface area contributed by atoms with Gasteiger partial charge in [0.05, 0.1) is 18.1 Å². The van der Waals surface area contributed by atoms with Crippen molar-refractivity contribution >= 4 is 17.2 Å². The van der Waals surface area contributed by atoms with E-state index >= 15 is 0 Å². The van der Waals surface area contributed by atoms with Crippen LogP contribution in [-0.2, 0) is 0 Å². The summed E-state index contributed by atoms with van der Waals surface area (Å²) in [5, 5.41) is 3.48. The molecule has 6 nitrogen and oxygen atoms in total. The second kappa shape index (κ2) is 6.90. The molecule has 3 aromatic rings. The standard InChI is InChI=1S/C19H23FN6/c1-2-12-3-6-14(7-4-12)24-18-15(21)9-23-19(25-18)16-10-22-17-8-5-13(20)11-26(16)17/h5,8-12,14H,2-4,6-7,21H2,1H3,(H,23,24,25). The molecule has 0 radical (unpaired) electrons. The zero-order chi connectivity index (χ0) is 18.1. The number of fused-ring (bicyclic) bond motifs is 1. The lowest BCUT2D eigenvalue weighted by atomic mass is 9.84. The number of hydrogen-bond acceptors (Lipinski definition) is 5. The van der Waals surface area contributed by atoms with Gasteiger partial charge in [-0.2, -0.15) is 0 Å². The summed E-state index contributed by atoms with van der Waals surface area (Å²) < 4.78 is 15.3. The fraction of sp³-hybridized carbons (Fsp3) is 0.421. The van der Waals surface area contributed by atoms with Crippen molar-refractivity contribution in [3.05, 3.63) is 36.5 Å². The van der Waals surface area contributed by atoms with Crippen molar-refractivity contribution in [1.29, 1.82) is 0 Å². The summed E-state index contributed by atoms with van der Waals surface area (Å²) in [7, 11) is 0. The fourth-order valence-electron chi connectivity index (χ4n) is 3.66. The van der Waals surface area contributed by atoms with Gasteiger partial charge in [-0.3, -0.25) is 4.40 Å². The average molecular weight is 354 g/mol. The Morgan fingerprint density at radius 2 is 2.00 bits per heavy atom. The van der Waals surface area contributed by atoms with Gasteiger partial charge in [0.2, 0.25) is 0 Å². The monoisotopic (exact) mass is 354 g/mol. The van der Waals surface area contributed by atoms with Gasteiger partial charge in [-0.15, -0.1) is 0 Å². The Labute approximate surface area is 151 Å². The molecular formula is C19H23FN6. The van der Waals surface area contributed by atoms with Crippen molar-refractivity contribution in [2.45, 2.75) is 45.1 Å². The van der Waals surface area contributed by atoms with E-state index in [1.54, 1.807) is 22.9 Å².